The molecule has 0 spiro atoms. The Morgan fingerprint density at radius 1 is 1.10 bits per heavy atom. The molecule has 0 aromatic heterocycles. The molecular formula is C18H23NO. The predicted molar refractivity (Wildman–Crippen MR) is 84.0 cm³/mol. The zero-order chi connectivity index (χ0) is 14.4. The topological polar surface area (TPSA) is 35.2 Å². The van der Waals surface area contributed by atoms with Crippen molar-refractivity contribution in [3.05, 3.63) is 65.2 Å². The van der Waals surface area contributed by atoms with Crippen molar-refractivity contribution in [1.82, 2.24) is 0 Å². The minimum Gasteiger partial charge on any atom is -0.496 e. The van der Waals surface area contributed by atoms with Gasteiger partial charge in [0.05, 0.1) is 7.11 Å². The monoisotopic (exact) mass is 269 g/mol. The van der Waals surface area contributed by atoms with E-state index in [1.165, 1.54) is 5.56 Å². The first-order chi connectivity index (χ1) is 9.70. The summed E-state index contributed by atoms with van der Waals surface area (Å²) in [6.07, 6.45) is 3.17. The molecule has 0 saturated heterocycles. The second kappa shape index (κ2) is 7.11. The molecule has 2 N–H and O–H groups in total. The molecule has 2 rings (SSSR count). The SMILES string of the molecule is COc1cc(C(N)CCCc2ccccc2)ccc1C. The molecule has 0 aliphatic heterocycles. The van der Waals surface area contributed by atoms with Crippen LogP contribution in [0.25, 0.3) is 0 Å². The van der Waals surface area contributed by atoms with Crippen molar-refractivity contribution in [2.75, 3.05) is 7.11 Å². The van der Waals surface area contributed by atoms with Crippen LogP contribution in [0.5, 0.6) is 5.75 Å². The minimum atomic E-state index is 0.0770. The Balaban J connectivity index is 1.90. The van der Waals surface area contributed by atoms with Crippen molar-refractivity contribution in [2.45, 2.75) is 32.2 Å². The fraction of sp³-hybridized carbons (Fsp3) is 0.333. The zero-order valence-corrected chi connectivity index (χ0v) is 12.3. The molecule has 0 fully saturated rings. The van der Waals surface area contributed by atoms with Gasteiger partial charge in [0, 0.05) is 6.04 Å². The van der Waals surface area contributed by atoms with E-state index in [0.717, 1.165) is 36.1 Å². The first kappa shape index (κ1) is 14.6. The van der Waals surface area contributed by atoms with Gasteiger partial charge in [0.2, 0.25) is 0 Å². The lowest BCUT2D eigenvalue weighted by Gasteiger charge is -2.14. The molecule has 0 saturated carbocycles. The third kappa shape index (κ3) is 3.84. The standard InChI is InChI=1S/C18H23NO/c1-14-11-12-16(13-18(14)20-2)17(19)10-6-9-15-7-4-3-5-8-15/h3-5,7-8,11-13,17H,6,9-10,19H2,1-2H3. The van der Waals surface area contributed by atoms with Crippen LogP contribution in [-0.4, -0.2) is 7.11 Å². The molecule has 106 valence electrons. The molecular weight excluding hydrogens is 246 g/mol. The van der Waals surface area contributed by atoms with Crippen molar-refractivity contribution in [1.29, 1.82) is 0 Å². The maximum absolute atomic E-state index is 6.28. The van der Waals surface area contributed by atoms with Crippen LogP contribution >= 0.6 is 0 Å². The summed E-state index contributed by atoms with van der Waals surface area (Å²) in [4.78, 5) is 0. The summed E-state index contributed by atoms with van der Waals surface area (Å²) in [6, 6.07) is 16.9. The molecule has 0 aliphatic rings. The summed E-state index contributed by atoms with van der Waals surface area (Å²) in [7, 11) is 1.70. The van der Waals surface area contributed by atoms with Gasteiger partial charge in [0.1, 0.15) is 5.75 Å². The lowest BCUT2D eigenvalue weighted by molar-refractivity contribution is 0.410. The Morgan fingerprint density at radius 3 is 2.55 bits per heavy atom. The van der Waals surface area contributed by atoms with Crippen molar-refractivity contribution in [3.8, 4) is 5.75 Å². The van der Waals surface area contributed by atoms with Gasteiger partial charge in [-0.25, -0.2) is 0 Å². The summed E-state index contributed by atoms with van der Waals surface area (Å²) in [5.74, 6) is 0.918. The van der Waals surface area contributed by atoms with E-state index in [2.05, 4.69) is 42.5 Å². The maximum Gasteiger partial charge on any atom is 0.122 e. The number of nitrogens with two attached hydrogens (primary N) is 1. The number of rotatable bonds is 6. The first-order valence-electron chi connectivity index (χ1n) is 7.14. The van der Waals surface area contributed by atoms with E-state index >= 15 is 0 Å². The highest BCUT2D eigenvalue weighted by Crippen LogP contribution is 2.24. The van der Waals surface area contributed by atoms with E-state index in [0.29, 0.717) is 0 Å². The van der Waals surface area contributed by atoms with Gasteiger partial charge in [-0.2, -0.15) is 0 Å². The van der Waals surface area contributed by atoms with Crippen molar-refractivity contribution < 1.29 is 4.74 Å². The molecule has 20 heavy (non-hydrogen) atoms. The Morgan fingerprint density at radius 2 is 1.85 bits per heavy atom. The summed E-state index contributed by atoms with van der Waals surface area (Å²) in [5.41, 5.74) is 9.95. The molecule has 0 radical (unpaired) electrons. The van der Waals surface area contributed by atoms with Crippen molar-refractivity contribution in [3.63, 3.8) is 0 Å². The highest BCUT2D eigenvalue weighted by molar-refractivity contribution is 5.37. The van der Waals surface area contributed by atoms with Gasteiger partial charge in [0.15, 0.2) is 0 Å². The fourth-order valence-electron chi connectivity index (χ4n) is 2.40. The number of hydrogen-bond acceptors (Lipinski definition) is 2. The number of benzene rings is 2. The largest absolute Gasteiger partial charge is 0.496 e. The third-order valence-electron chi connectivity index (χ3n) is 3.68. The quantitative estimate of drug-likeness (QED) is 0.859. The second-order valence-corrected chi connectivity index (χ2v) is 5.21. The van der Waals surface area contributed by atoms with Crippen molar-refractivity contribution in [2.24, 2.45) is 5.73 Å². The van der Waals surface area contributed by atoms with Gasteiger partial charge < -0.3 is 10.5 Å². The molecule has 0 heterocycles. The highest BCUT2D eigenvalue weighted by Gasteiger charge is 2.08. The Bertz CT molecular complexity index is 536. The average molecular weight is 269 g/mol. The second-order valence-electron chi connectivity index (χ2n) is 5.21. The molecule has 1 unspecified atom stereocenters. The summed E-state index contributed by atoms with van der Waals surface area (Å²) >= 11 is 0. The molecule has 2 heteroatoms. The smallest absolute Gasteiger partial charge is 0.122 e. The third-order valence-corrected chi connectivity index (χ3v) is 3.68. The van der Waals surface area contributed by atoms with E-state index in [1.54, 1.807) is 7.11 Å². The van der Waals surface area contributed by atoms with Gasteiger partial charge in [-0.05, 0) is 48.9 Å². The zero-order valence-electron chi connectivity index (χ0n) is 12.3. The van der Waals surface area contributed by atoms with E-state index in [4.69, 9.17) is 10.5 Å². The molecule has 0 aliphatic carbocycles. The van der Waals surface area contributed by atoms with Crippen LogP contribution in [0.2, 0.25) is 0 Å². The van der Waals surface area contributed by atoms with Crippen LogP contribution in [0.1, 0.15) is 35.6 Å². The van der Waals surface area contributed by atoms with Crippen LogP contribution in [0.4, 0.5) is 0 Å². The highest BCUT2D eigenvalue weighted by atomic mass is 16.5. The van der Waals surface area contributed by atoms with Crippen LogP contribution in [-0.2, 0) is 6.42 Å². The maximum atomic E-state index is 6.28. The lowest BCUT2D eigenvalue weighted by Crippen LogP contribution is -2.10. The van der Waals surface area contributed by atoms with Gasteiger partial charge in [-0.1, -0.05) is 42.5 Å². The molecule has 0 bridgehead atoms. The Labute approximate surface area is 121 Å². The van der Waals surface area contributed by atoms with Gasteiger partial charge >= 0.3 is 0 Å². The first-order valence-corrected chi connectivity index (χ1v) is 7.14. The number of hydrogen-bond donors (Lipinski definition) is 1. The predicted octanol–water partition coefficient (Wildman–Crippen LogP) is 4.03. The van der Waals surface area contributed by atoms with Crippen LogP contribution in [0.15, 0.2) is 48.5 Å². The normalized spacial score (nSPS) is 12.2. The van der Waals surface area contributed by atoms with Crippen LogP contribution < -0.4 is 10.5 Å². The Kier molecular flexibility index (Phi) is 5.19. The minimum absolute atomic E-state index is 0.0770. The average Bonchev–Trinajstić information content (AvgIpc) is 2.48. The van der Waals surface area contributed by atoms with E-state index in [-0.39, 0.29) is 6.04 Å². The van der Waals surface area contributed by atoms with Gasteiger partial charge in [0.25, 0.3) is 0 Å². The molecule has 0 amide bonds. The van der Waals surface area contributed by atoms with Gasteiger partial charge in [-0.3, -0.25) is 0 Å². The Hall–Kier alpha value is -1.80. The van der Waals surface area contributed by atoms with Crippen molar-refractivity contribution >= 4 is 0 Å². The van der Waals surface area contributed by atoms with E-state index < -0.39 is 0 Å². The summed E-state index contributed by atoms with van der Waals surface area (Å²) in [6.45, 7) is 2.05. The molecule has 2 aromatic carbocycles. The van der Waals surface area contributed by atoms with E-state index in [9.17, 15) is 0 Å². The number of ether oxygens (including phenoxy) is 1. The van der Waals surface area contributed by atoms with Crippen LogP contribution in [0, 0.1) is 6.92 Å². The molecule has 1 atom stereocenters. The summed E-state index contributed by atoms with van der Waals surface area (Å²) < 4.78 is 5.35. The van der Waals surface area contributed by atoms with Gasteiger partial charge in [-0.15, -0.1) is 0 Å². The lowest BCUT2D eigenvalue weighted by atomic mass is 9.98. The number of aryl methyl sites for hydroxylation is 2. The molecule has 2 nitrogen and oxygen atoms in total. The van der Waals surface area contributed by atoms with Crippen LogP contribution in [0.3, 0.4) is 0 Å². The molecule has 2 aromatic rings. The summed E-state index contributed by atoms with van der Waals surface area (Å²) in [5, 5.41) is 0. The number of methoxy groups -OCH3 is 1. The fourth-order valence-corrected chi connectivity index (χ4v) is 2.40. The van der Waals surface area contributed by atoms with E-state index in [1.807, 2.05) is 13.0 Å².